The molecule has 0 aromatic rings. The fourth-order valence-electron chi connectivity index (χ4n) is 2.47. The number of nitrogens with one attached hydrogen (secondary N) is 1. The van der Waals surface area contributed by atoms with Gasteiger partial charge in [-0.15, -0.1) is 0 Å². The first-order chi connectivity index (χ1) is 6.02. The Kier molecular flexibility index (Phi) is 2.13. The summed E-state index contributed by atoms with van der Waals surface area (Å²) in [7, 11) is 1.10. The maximum Gasteiger partial charge on any atom is 0.156 e. The van der Waals surface area contributed by atoms with Crippen LogP contribution >= 0.6 is 0 Å². The number of hydrogen-bond donors (Lipinski definition) is 1. The van der Waals surface area contributed by atoms with Crippen LogP contribution in [0.5, 0.6) is 0 Å². The molecule has 0 spiro atoms. The molecule has 0 bridgehead atoms. The maximum absolute atomic E-state index is 11.7. The molecule has 3 atom stereocenters. The van der Waals surface area contributed by atoms with Crippen LogP contribution in [0.4, 0.5) is 0 Å². The van der Waals surface area contributed by atoms with Crippen LogP contribution in [0.3, 0.4) is 0 Å². The van der Waals surface area contributed by atoms with Gasteiger partial charge in [-0.3, -0.25) is 0 Å². The quantitative estimate of drug-likeness (QED) is 0.591. The Labute approximate surface area is 79.2 Å². The van der Waals surface area contributed by atoms with E-state index in [0.717, 1.165) is 6.54 Å². The molecule has 0 aromatic carbocycles. The Bertz CT molecular complexity index is 299. The smallest absolute Gasteiger partial charge is 0.156 e. The van der Waals surface area contributed by atoms with Crippen molar-refractivity contribution >= 4 is 9.84 Å². The van der Waals surface area contributed by atoms with Crippen molar-refractivity contribution in [3.05, 3.63) is 0 Å². The molecule has 2 fully saturated rings. The van der Waals surface area contributed by atoms with Gasteiger partial charge in [-0.2, -0.15) is 0 Å². The van der Waals surface area contributed by atoms with E-state index in [2.05, 4.69) is 5.32 Å². The summed E-state index contributed by atoms with van der Waals surface area (Å²) in [4.78, 5) is 2.04. The molecule has 0 radical (unpaired) electrons. The third-order valence-electron chi connectivity index (χ3n) is 3.22. The van der Waals surface area contributed by atoms with Gasteiger partial charge in [0.1, 0.15) is 0 Å². The highest BCUT2D eigenvalue weighted by Crippen LogP contribution is 2.32. The van der Waals surface area contributed by atoms with Gasteiger partial charge in [0, 0.05) is 25.0 Å². The molecule has 5 heteroatoms. The summed E-state index contributed by atoms with van der Waals surface area (Å²) < 4.78 is 23.4. The summed E-state index contributed by atoms with van der Waals surface area (Å²) >= 11 is 0. The molecule has 13 heavy (non-hydrogen) atoms. The summed E-state index contributed by atoms with van der Waals surface area (Å²) in [6.45, 7) is 1.50. The highest BCUT2D eigenvalue weighted by molar-refractivity contribution is 7.92. The normalized spacial score (nSPS) is 42.5. The van der Waals surface area contributed by atoms with Gasteiger partial charge < -0.3 is 10.2 Å². The molecule has 2 aliphatic heterocycles. The van der Waals surface area contributed by atoms with E-state index in [1.54, 1.807) is 0 Å². The zero-order valence-electron chi connectivity index (χ0n) is 8.03. The van der Waals surface area contributed by atoms with E-state index in [0.29, 0.717) is 18.2 Å². The maximum atomic E-state index is 11.7. The Balaban J connectivity index is 2.28. The first-order valence-corrected chi connectivity index (χ1v) is 6.32. The average Bonchev–Trinajstić information content (AvgIpc) is 2.53. The second-order valence-electron chi connectivity index (χ2n) is 4.22. The minimum atomic E-state index is -2.82. The molecule has 0 amide bonds. The molecule has 0 saturated carbocycles. The third kappa shape index (κ3) is 1.39. The molecule has 0 aromatic heterocycles. The molecule has 0 unspecified atom stereocenters. The number of hydrogen-bond acceptors (Lipinski definition) is 4. The summed E-state index contributed by atoms with van der Waals surface area (Å²) in [6.07, 6.45) is 0. The standard InChI is InChI=1S/C8H16N2O2S/c1-10(2)7-5-13(11,12)8-4-9-3-6(7)8/h6-9H,3-5H2,1-2H3/t6-,7-,8-/m1/s1. The van der Waals surface area contributed by atoms with Crippen molar-refractivity contribution in [2.24, 2.45) is 5.92 Å². The lowest BCUT2D eigenvalue weighted by molar-refractivity contribution is 0.256. The number of nitrogens with zero attached hydrogens (tertiary/aromatic N) is 1. The zero-order chi connectivity index (χ0) is 9.64. The first-order valence-electron chi connectivity index (χ1n) is 4.61. The van der Waals surface area contributed by atoms with E-state index in [4.69, 9.17) is 0 Å². The minimum absolute atomic E-state index is 0.125. The van der Waals surface area contributed by atoms with Gasteiger partial charge in [0.25, 0.3) is 0 Å². The van der Waals surface area contributed by atoms with Gasteiger partial charge in [-0.1, -0.05) is 0 Å². The Morgan fingerprint density at radius 2 is 2.00 bits per heavy atom. The Hall–Kier alpha value is -0.130. The van der Waals surface area contributed by atoms with Gasteiger partial charge in [0.15, 0.2) is 9.84 Å². The van der Waals surface area contributed by atoms with Crippen molar-refractivity contribution in [3.63, 3.8) is 0 Å². The lowest BCUT2D eigenvalue weighted by atomic mass is 10.00. The van der Waals surface area contributed by atoms with Crippen molar-refractivity contribution in [2.45, 2.75) is 11.3 Å². The lowest BCUT2D eigenvalue weighted by Crippen LogP contribution is -2.36. The second kappa shape index (κ2) is 2.93. The molecule has 2 aliphatic rings. The molecule has 0 aliphatic carbocycles. The number of sulfone groups is 1. The molecule has 2 rings (SSSR count). The first kappa shape index (κ1) is 9.43. The third-order valence-corrected chi connectivity index (χ3v) is 5.47. The number of rotatable bonds is 1. The Morgan fingerprint density at radius 3 is 2.62 bits per heavy atom. The summed E-state index contributed by atoms with van der Waals surface area (Å²) in [5.74, 6) is 0.650. The van der Waals surface area contributed by atoms with Gasteiger partial charge in [0.2, 0.25) is 0 Å². The zero-order valence-corrected chi connectivity index (χ0v) is 8.84. The van der Waals surface area contributed by atoms with Crippen LogP contribution in [-0.4, -0.2) is 57.5 Å². The summed E-state index contributed by atoms with van der Waals surface area (Å²) in [5, 5.41) is 3.03. The summed E-state index contributed by atoms with van der Waals surface area (Å²) in [6, 6.07) is 0.213. The van der Waals surface area contributed by atoms with Crippen LogP contribution < -0.4 is 5.32 Å². The van der Waals surface area contributed by atoms with Crippen LogP contribution in [0.25, 0.3) is 0 Å². The average molecular weight is 204 g/mol. The van der Waals surface area contributed by atoms with Gasteiger partial charge in [-0.25, -0.2) is 8.42 Å². The molecular formula is C8H16N2O2S. The predicted molar refractivity (Wildman–Crippen MR) is 51.4 cm³/mol. The van der Waals surface area contributed by atoms with Gasteiger partial charge in [0.05, 0.1) is 11.0 Å². The summed E-state index contributed by atoms with van der Waals surface area (Å²) in [5.41, 5.74) is 0. The highest BCUT2D eigenvalue weighted by atomic mass is 32.2. The predicted octanol–water partition coefficient (Wildman–Crippen LogP) is -1.07. The fourth-order valence-corrected chi connectivity index (χ4v) is 4.92. The second-order valence-corrected chi connectivity index (χ2v) is 6.49. The van der Waals surface area contributed by atoms with E-state index in [1.807, 2.05) is 19.0 Å². The fraction of sp³-hybridized carbons (Fsp3) is 1.00. The molecule has 76 valence electrons. The Morgan fingerprint density at radius 1 is 1.31 bits per heavy atom. The lowest BCUT2D eigenvalue weighted by Gasteiger charge is -2.23. The van der Waals surface area contributed by atoms with Crippen LogP contribution in [0.1, 0.15) is 0 Å². The SMILES string of the molecule is CN(C)[C@@H]1CS(=O)(=O)[C@@H]2CNC[C@H]12. The van der Waals surface area contributed by atoms with Crippen LogP contribution in [0, 0.1) is 5.92 Å². The molecule has 4 nitrogen and oxygen atoms in total. The topological polar surface area (TPSA) is 49.4 Å². The van der Waals surface area contributed by atoms with E-state index >= 15 is 0 Å². The monoisotopic (exact) mass is 204 g/mol. The van der Waals surface area contributed by atoms with Crippen molar-refractivity contribution in [1.82, 2.24) is 10.2 Å². The van der Waals surface area contributed by atoms with Crippen molar-refractivity contribution in [1.29, 1.82) is 0 Å². The van der Waals surface area contributed by atoms with Crippen molar-refractivity contribution in [3.8, 4) is 0 Å². The van der Waals surface area contributed by atoms with E-state index in [9.17, 15) is 8.42 Å². The molecular weight excluding hydrogens is 188 g/mol. The van der Waals surface area contributed by atoms with Crippen LogP contribution in [0.15, 0.2) is 0 Å². The van der Waals surface area contributed by atoms with Gasteiger partial charge >= 0.3 is 0 Å². The van der Waals surface area contributed by atoms with E-state index in [1.165, 1.54) is 0 Å². The minimum Gasteiger partial charge on any atom is -0.315 e. The van der Waals surface area contributed by atoms with Crippen LogP contribution in [0.2, 0.25) is 0 Å². The van der Waals surface area contributed by atoms with Crippen LogP contribution in [-0.2, 0) is 9.84 Å². The van der Waals surface area contributed by atoms with E-state index in [-0.39, 0.29) is 11.3 Å². The van der Waals surface area contributed by atoms with Gasteiger partial charge in [-0.05, 0) is 14.1 Å². The van der Waals surface area contributed by atoms with Crippen molar-refractivity contribution in [2.75, 3.05) is 32.9 Å². The highest BCUT2D eigenvalue weighted by Gasteiger charge is 2.50. The van der Waals surface area contributed by atoms with E-state index < -0.39 is 9.84 Å². The molecule has 2 heterocycles. The molecule has 1 N–H and O–H groups in total. The van der Waals surface area contributed by atoms with Crippen molar-refractivity contribution < 1.29 is 8.42 Å². The largest absolute Gasteiger partial charge is 0.315 e. The molecule has 2 saturated heterocycles. The number of fused-ring (bicyclic) bond motifs is 1.